The van der Waals surface area contributed by atoms with Gasteiger partial charge in [0, 0.05) is 18.1 Å². The first kappa shape index (κ1) is 21.5. The number of aromatic nitrogens is 2. The summed E-state index contributed by atoms with van der Waals surface area (Å²) in [6.07, 6.45) is 3.04. The van der Waals surface area contributed by atoms with Crippen molar-refractivity contribution in [1.82, 2.24) is 9.97 Å². The van der Waals surface area contributed by atoms with Gasteiger partial charge in [-0.25, -0.2) is 14.4 Å². The van der Waals surface area contributed by atoms with E-state index in [9.17, 15) is 14.0 Å². The highest BCUT2D eigenvalue weighted by molar-refractivity contribution is 6.34. The predicted molar refractivity (Wildman–Crippen MR) is 128 cm³/mol. The Hall–Kier alpha value is -4.30. The summed E-state index contributed by atoms with van der Waals surface area (Å²) >= 11 is 5.99. The highest BCUT2D eigenvalue weighted by atomic mass is 35.5. The summed E-state index contributed by atoms with van der Waals surface area (Å²) in [5.41, 5.74) is 2.78. The van der Waals surface area contributed by atoms with Crippen molar-refractivity contribution in [2.24, 2.45) is 0 Å². The van der Waals surface area contributed by atoms with Gasteiger partial charge in [-0.05, 0) is 54.1 Å². The minimum Gasteiger partial charge on any atom is -0.338 e. The van der Waals surface area contributed by atoms with Crippen molar-refractivity contribution >= 4 is 46.4 Å². The van der Waals surface area contributed by atoms with Gasteiger partial charge in [-0.15, -0.1) is 0 Å². The third-order valence-corrected chi connectivity index (χ3v) is 5.68. The van der Waals surface area contributed by atoms with Crippen LogP contribution in [-0.2, 0) is 6.54 Å². The van der Waals surface area contributed by atoms with E-state index in [-0.39, 0.29) is 22.3 Å². The average molecular weight is 474 g/mol. The fourth-order valence-electron chi connectivity index (χ4n) is 3.66. The van der Waals surface area contributed by atoms with Crippen LogP contribution in [0.1, 0.15) is 26.3 Å². The van der Waals surface area contributed by atoms with Crippen LogP contribution in [0.3, 0.4) is 0 Å². The lowest BCUT2D eigenvalue weighted by Gasteiger charge is -2.22. The van der Waals surface area contributed by atoms with Crippen molar-refractivity contribution in [2.45, 2.75) is 6.54 Å². The zero-order chi connectivity index (χ0) is 23.7. The summed E-state index contributed by atoms with van der Waals surface area (Å²) in [5.74, 6) is -0.680. The van der Waals surface area contributed by atoms with E-state index in [1.54, 1.807) is 23.2 Å². The molecule has 4 aromatic rings. The molecule has 2 aromatic carbocycles. The lowest BCUT2D eigenvalue weighted by molar-refractivity contribution is 0.0984. The first-order chi connectivity index (χ1) is 16.5. The average Bonchev–Trinajstić information content (AvgIpc) is 3.02. The Bertz CT molecular complexity index is 1410. The molecule has 0 saturated carbocycles. The van der Waals surface area contributed by atoms with Gasteiger partial charge in [-0.1, -0.05) is 29.8 Å². The topological polar surface area (TPSA) is 87.2 Å². The molecule has 34 heavy (non-hydrogen) atoms. The lowest BCUT2D eigenvalue weighted by Crippen LogP contribution is -2.30. The van der Waals surface area contributed by atoms with Crippen molar-refractivity contribution in [2.75, 3.05) is 15.5 Å². The van der Waals surface area contributed by atoms with Gasteiger partial charge in [0.15, 0.2) is 5.82 Å². The van der Waals surface area contributed by atoms with Gasteiger partial charge in [0.1, 0.15) is 11.6 Å². The third-order valence-electron chi connectivity index (χ3n) is 5.35. The first-order valence-electron chi connectivity index (χ1n) is 10.3. The SMILES string of the molecule is O=C(Nc1ccc(C(=O)N2Cc3ccccc3Nc3ncccc32)cn1)c1cc(F)ccc1Cl. The molecular formula is C25H17ClFN5O2. The molecule has 0 radical (unpaired) electrons. The Balaban J connectivity index is 1.40. The number of hydrogen-bond donors (Lipinski definition) is 2. The lowest BCUT2D eigenvalue weighted by atomic mass is 10.1. The maximum absolute atomic E-state index is 13.5. The van der Waals surface area contributed by atoms with E-state index in [0.29, 0.717) is 23.6 Å². The molecule has 0 atom stereocenters. The molecule has 0 bridgehead atoms. The normalized spacial score (nSPS) is 12.1. The molecule has 5 rings (SSSR count). The molecular weight excluding hydrogens is 457 g/mol. The van der Waals surface area contributed by atoms with Gasteiger partial charge in [0.2, 0.25) is 0 Å². The Morgan fingerprint density at radius 3 is 2.71 bits per heavy atom. The van der Waals surface area contributed by atoms with E-state index in [4.69, 9.17) is 11.6 Å². The summed E-state index contributed by atoms with van der Waals surface area (Å²) in [6.45, 7) is 0.345. The molecule has 0 spiro atoms. The number of halogens is 2. The largest absolute Gasteiger partial charge is 0.338 e. The Morgan fingerprint density at radius 2 is 1.88 bits per heavy atom. The molecule has 0 saturated heterocycles. The van der Waals surface area contributed by atoms with Crippen molar-refractivity contribution in [3.8, 4) is 0 Å². The van der Waals surface area contributed by atoms with Crippen LogP contribution in [0.5, 0.6) is 0 Å². The van der Waals surface area contributed by atoms with Gasteiger partial charge in [0.05, 0.1) is 28.4 Å². The summed E-state index contributed by atoms with van der Waals surface area (Å²) < 4.78 is 13.5. The standard InChI is InChI=1S/C25H17ClFN5O2/c26-19-9-8-17(27)12-18(19)24(33)31-22-10-7-15(13-29-22)25(34)32-14-16-4-1-2-5-20(16)30-23-21(32)6-3-11-28-23/h1-13H,14H2,(H,28,30)(H,29,31,33). The number of nitrogens with zero attached hydrogens (tertiary/aromatic N) is 3. The molecule has 0 unspecified atom stereocenters. The molecule has 7 nitrogen and oxygen atoms in total. The predicted octanol–water partition coefficient (Wildman–Crippen LogP) is 5.43. The van der Waals surface area contributed by atoms with E-state index < -0.39 is 11.7 Å². The van der Waals surface area contributed by atoms with Crippen LogP contribution in [0.25, 0.3) is 0 Å². The number of para-hydroxylation sites is 1. The van der Waals surface area contributed by atoms with Gasteiger partial charge in [0.25, 0.3) is 11.8 Å². The Morgan fingerprint density at radius 1 is 1.03 bits per heavy atom. The maximum Gasteiger partial charge on any atom is 0.260 e. The van der Waals surface area contributed by atoms with Crippen LogP contribution in [0.15, 0.2) is 79.1 Å². The fraction of sp³-hybridized carbons (Fsp3) is 0.0400. The highest BCUT2D eigenvalue weighted by Crippen LogP contribution is 2.34. The molecule has 1 aliphatic heterocycles. The number of hydrogen-bond acceptors (Lipinski definition) is 5. The van der Waals surface area contributed by atoms with E-state index >= 15 is 0 Å². The molecule has 3 heterocycles. The molecule has 0 aliphatic carbocycles. The number of carbonyl (C=O) groups is 2. The quantitative estimate of drug-likeness (QED) is 0.414. The van der Waals surface area contributed by atoms with Crippen LogP contribution in [0.2, 0.25) is 5.02 Å². The summed E-state index contributed by atoms with van der Waals surface area (Å²) in [4.78, 5) is 36.1. The number of benzene rings is 2. The van der Waals surface area contributed by atoms with Crippen LogP contribution in [0, 0.1) is 5.82 Å². The van der Waals surface area contributed by atoms with Crippen molar-refractivity contribution in [1.29, 1.82) is 0 Å². The molecule has 2 aromatic heterocycles. The minimum atomic E-state index is -0.605. The smallest absolute Gasteiger partial charge is 0.260 e. The van der Waals surface area contributed by atoms with E-state index in [2.05, 4.69) is 20.6 Å². The van der Waals surface area contributed by atoms with E-state index in [1.807, 2.05) is 30.3 Å². The first-order valence-corrected chi connectivity index (χ1v) is 10.7. The number of nitrogens with one attached hydrogen (secondary N) is 2. The molecule has 0 fully saturated rings. The second-order valence-electron chi connectivity index (χ2n) is 7.55. The Kier molecular flexibility index (Phi) is 5.65. The number of rotatable bonds is 3. The minimum absolute atomic E-state index is 0.0107. The van der Waals surface area contributed by atoms with Crippen LogP contribution in [0.4, 0.5) is 27.4 Å². The fourth-order valence-corrected chi connectivity index (χ4v) is 3.86. The second-order valence-corrected chi connectivity index (χ2v) is 7.96. The highest BCUT2D eigenvalue weighted by Gasteiger charge is 2.25. The Labute approximate surface area is 199 Å². The summed E-state index contributed by atoms with van der Waals surface area (Å²) in [7, 11) is 0. The van der Waals surface area contributed by atoms with Gasteiger partial charge >= 0.3 is 0 Å². The zero-order valence-corrected chi connectivity index (χ0v) is 18.4. The summed E-state index contributed by atoms with van der Waals surface area (Å²) in [6, 6.07) is 17.9. The summed E-state index contributed by atoms with van der Waals surface area (Å²) in [5, 5.41) is 5.97. The second kappa shape index (κ2) is 8.92. The van der Waals surface area contributed by atoms with Crippen LogP contribution < -0.4 is 15.5 Å². The third kappa shape index (κ3) is 4.18. The monoisotopic (exact) mass is 473 g/mol. The molecule has 2 amide bonds. The zero-order valence-electron chi connectivity index (χ0n) is 17.6. The maximum atomic E-state index is 13.5. The van der Waals surface area contributed by atoms with E-state index in [0.717, 1.165) is 17.3 Å². The van der Waals surface area contributed by atoms with Gasteiger partial charge in [-0.3, -0.25) is 9.59 Å². The number of anilines is 4. The van der Waals surface area contributed by atoms with Crippen LogP contribution >= 0.6 is 11.6 Å². The number of fused-ring (bicyclic) bond motifs is 2. The van der Waals surface area contributed by atoms with Crippen molar-refractivity contribution in [3.05, 3.63) is 107 Å². The van der Waals surface area contributed by atoms with Crippen LogP contribution in [-0.4, -0.2) is 21.8 Å². The van der Waals surface area contributed by atoms with E-state index in [1.165, 1.54) is 24.4 Å². The van der Waals surface area contributed by atoms with Crippen molar-refractivity contribution in [3.63, 3.8) is 0 Å². The van der Waals surface area contributed by atoms with Crippen molar-refractivity contribution < 1.29 is 14.0 Å². The number of pyridine rings is 2. The molecule has 9 heteroatoms. The molecule has 2 N–H and O–H groups in total. The van der Waals surface area contributed by atoms with Gasteiger partial charge in [-0.2, -0.15) is 0 Å². The molecule has 168 valence electrons. The molecule has 1 aliphatic rings. The number of amides is 2. The van der Waals surface area contributed by atoms with Gasteiger partial charge < -0.3 is 15.5 Å². The number of carbonyl (C=O) groups excluding carboxylic acids is 2.